The van der Waals surface area contributed by atoms with Gasteiger partial charge >= 0.3 is 0 Å². The SMILES string of the molecule is O=C(NCc1ccc(S(=O)(=O)NC2CCOCC2)cc1)c1cc2ccncc2o1.[HH].[U]. The van der Waals surface area contributed by atoms with E-state index in [-0.39, 0.29) is 61.7 Å². The Bertz CT molecular complexity index is 1080. The summed E-state index contributed by atoms with van der Waals surface area (Å²) in [5.41, 5.74) is 1.32. The molecule has 3 heterocycles. The molecule has 30 heavy (non-hydrogen) atoms. The third-order valence-corrected chi connectivity index (χ3v) is 6.31. The van der Waals surface area contributed by atoms with Crippen LogP contribution in [0, 0.1) is 31.1 Å². The first-order chi connectivity index (χ1) is 14.0. The first-order valence-electron chi connectivity index (χ1n) is 9.32. The Morgan fingerprint density at radius 1 is 1.17 bits per heavy atom. The average Bonchev–Trinajstić information content (AvgIpc) is 3.17. The molecule has 0 unspecified atom stereocenters. The van der Waals surface area contributed by atoms with Crippen molar-refractivity contribution in [2.75, 3.05) is 13.2 Å². The fraction of sp³-hybridized carbons (Fsp3) is 0.300. The van der Waals surface area contributed by atoms with Gasteiger partial charge in [0.1, 0.15) is 0 Å². The van der Waals surface area contributed by atoms with Gasteiger partial charge in [0.2, 0.25) is 10.0 Å². The molecule has 1 aliphatic rings. The number of hydrogen-bond donors (Lipinski definition) is 2. The molecule has 4 rings (SSSR count). The summed E-state index contributed by atoms with van der Waals surface area (Å²) in [6, 6.07) is 9.76. The Morgan fingerprint density at radius 2 is 1.90 bits per heavy atom. The Morgan fingerprint density at radius 3 is 2.60 bits per heavy atom. The summed E-state index contributed by atoms with van der Waals surface area (Å²) in [6.07, 6.45) is 4.52. The van der Waals surface area contributed by atoms with Crippen molar-refractivity contribution in [3.8, 4) is 0 Å². The smallest absolute Gasteiger partial charge is 0.287 e. The number of furan rings is 1. The van der Waals surface area contributed by atoms with Crippen LogP contribution in [0.15, 0.2) is 58.1 Å². The van der Waals surface area contributed by atoms with E-state index in [1.807, 2.05) is 0 Å². The molecule has 1 saturated heterocycles. The van der Waals surface area contributed by atoms with Crippen LogP contribution in [0.1, 0.15) is 30.4 Å². The minimum absolute atomic E-state index is 0. The van der Waals surface area contributed by atoms with Crippen molar-refractivity contribution in [3.05, 3.63) is 60.1 Å². The predicted octanol–water partition coefficient (Wildman–Crippen LogP) is 2.46. The van der Waals surface area contributed by atoms with E-state index in [1.54, 1.807) is 36.7 Å². The third kappa shape index (κ3) is 5.51. The molecule has 1 aliphatic heterocycles. The summed E-state index contributed by atoms with van der Waals surface area (Å²) in [7, 11) is -3.58. The maximum atomic E-state index is 12.5. The van der Waals surface area contributed by atoms with Crippen molar-refractivity contribution in [1.82, 2.24) is 15.0 Å². The van der Waals surface area contributed by atoms with Crippen molar-refractivity contribution < 1.29 is 54.9 Å². The van der Waals surface area contributed by atoms with Gasteiger partial charge in [-0.05, 0) is 42.7 Å². The Kier molecular flexibility index (Phi) is 7.71. The molecule has 0 spiro atoms. The minimum Gasteiger partial charge on any atom is -0.449 e. The van der Waals surface area contributed by atoms with Crippen molar-refractivity contribution in [2.45, 2.75) is 30.3 Å². The van der Waals surface area contributed by atoms with E-state index in [1.165, 1.54) is 12.1 Å². The predicted molar refractivity (Wildman–Crippen MR) is 108 cm³/mol. The normalized spacial score (nSPS) is 14.9. The van der Waals surface area contributed by atoms with E-state index in [0.29, 0.717) is 31.6 Å². The fourth-order valence-electron chi connectivity index (χ4n) is 3.16. The second-order valence-corrected chi connectivity index (χ2v) is 8.57. The van der Waals surface area contributed by atoms with E-state index in [2.05, 4.69) is 15.0 Å². The second-order valence-electron chi connectivity index (χ2n) is 6.86. The number of carbonyl (C=O) groups excluding carboxylic acids is 1. The molecule has 3 aromatic rings. The van der Waals surface area contributed by atoms with Crippen LogP contribution < -0.4 is 10.0 Å². The van der Waals surface area contributed by atoms with E-state index in [0.717, 1.165) is 10.9 Å². The third-order valence-electron chi connectivity index (χ3n) is 4.78. The summed E-state index contributed by atoms with van der Waals surface area (Å²) in [5, 5.41) is 3.57. The molecule has 10 heteroatoms. The molecule has 158 valence electrons. The van der Waals surface area contributed by atoms with Crippen LogP contribution in [0.2, 0.25) is 0 Å². The van der Waals surface area contributed by atoms with Gasteiger partial charge in [0.15, 0.2) is 11.3 Å². The van der Waals surface area contributed by atoms with Crippen LogP contribution in [-0.4, -0.2) is 38.6 Å². The Labute approximate surface area is 199 Å². The van der Waals surface area contributed by atoms with Gasteiger partial charge in [-0.3, -0.25) is 9.78 Å². The Hall–Kier alpha value is -1.70. The second kappa shape index (κ2) is 10.1. The molecule has 1 aromatic carbocycles. The molecule has 0 aliphatic carbocycles. The van der Waals surface area contributed by atoms with Gasteiger partial charge in [-0.1, -0.05) is 12.1 Å². The van der Waals surface area contributed by atoms with Crippen LogP contribution in [-0.2, 0) is 21.3 Å². The topological polar surface area (TPSA) is 111 Å². The standard InChI is InChI=1S/C20H21N3O5S.U.H2/c24-20(18-11-15-5-8-21-13-19(15)28-18)22-12-14-1-3-17(4-2-14)29(25,26)23-16-6-9-27-10-7-16;;/h1-5,8,11,13,16,23H,6-7,9-10,12H2,(H,22,24);;1H. The zero-order valence-electron chi connectivity index (χ0n) is 16.1. The molecule has 2 N–H and O–H groups in total. The number of fused-ring (bicyclic) bond motifs is 1. The zero-order valence-corrected chi connectivity index (χ0v) is 21.1. The molecule has 2 aromatic heterocycles. The number of amides is 1. The molecule has 0 radical (unpaired) electrons. The number of sulfonamides is 1. The monoisotopic (exact) mass is 655 g/mol. The van der Waals surface area contributed by atoms with E-state index in [9.17, 15) is 13.2 Å². The molecular weight excluding hydrogens is 632 g/mol. The van der Waals surface area contributed by atoms with Crippen LogP contribution in [0.3, 0.4) is 0 Å². The first-order valence-corrected chi connectivity index (χ1v) is 10.8. The van der Waals surface area contributed by atoms with E-state index < -0.39 is 10.0 Å². The zero-order chi connectivity index (χ0) is 20.3. The quantitative estimate of drug-likeness (QED) is 0.423. The van der Waals surface area contributed by atoms with Gasteiger partial charge < -0.3 is 14.5 Å². The Balaban J connectivity index is 0.00000171. The largest absolute Gasteiger partial charge is 0.449 e. The minimum atomic E-state index is -3.58. The summed E-state index contributed by atoms with van der Waals surface area (Å²) in [4.78, 5) is 16.4. The van der Waals surface area contributed by atoms with Crippen LogP contribution in [0.5, 0.6) is 0 Å². The number of pyridine rings is 1. The summed E-state index contributed by atoms with van der Waals surface area (Å²) in [5.74, 6) is -0.146. The molecular formula is C20H23N3O5SU. The van der Waals surface area contributed by atoms with Gasteiger partial charge in [-0.2, -0.15) is 0 Å². The molecule has 8 nitrogen and oxygen atoms in total. The van der Waals surface area contributed by atoms with Gasteiger partial charge in [-0.15, -0.1) is 0 Å². The maximum absolute atomic E-state index is 12.5. The van der Waals surface area contributed by atoms with E-state index >= 15 is 0 Å². The summed E-state index contributed by atoms with van der Waals surface area (Å²) < 4.78 is 38.5. The molecule has 1 fully saturated rings. The van der Waals surface area contributed by atoms with Gasteiger partial charge in [0.05, 0.1) is 11.1 Å². The average molecular weight is 656 g/mol. The van der Waals surface area contributed by atoms with Gasteiger partial charge in [-0.25, -0.2) is 13.1 Å². The summed E-state index contributed by atoms with van der Waals surface area (Å²) >= 11 is 0. The van der Waals surface area contributed by atoms with Gasteiger partial charge in [0, 0.05) is 69.9 Å². The van der Waals surface area contributed by atoms with Crippen molar-refractivity contribution in [3.63, 3.8) is 0 Å². The van der Waals surface area contributed by atoms with Crippen LogP contribution in [0.4, 0.5) is 0 Å². The number of carbonyl (C=O) groups is 1. The van der Waals surface area contributed by atoms with Crippen molar-refractivity contribution in [2.24, 2.45) is 0 Å². The first kappa shape index (κ1) is 23.0. The number of ether oxygens (including phenoxy) is 1. The molecule has 0 bridgehead atoms. The number of rotatable bonds is 6. The van der Waals surface area contributed by atoms with Crippen molar-refractivity contribution >= 4 is 26.9 Å². The number of nitrogens with one attached hydrogen (secondary N) is 2. The number of benzene rings is 1. The van der Waals surface area contributed by atoms with Crippen molar-refractivity contribution in [1.29, 1.82) is 0 Å². The number of nitrogens with zero attached hydrogens (tertiary/aromatic N) is 1. The molecule has 0 saturated carbocycles. The summed E-state index contributed by atoms with van der Waals surface area (Å²) in [6.45, 7) is 1.38. The molecule has 1 amide bonds. The van der Waals surface area contributed by atoms with Gasteiger partial charge in [0.25, 0.3) is 5.91 Å². The van der Waals surface area contributed by atoms with E-state index in [4.69, 9.17) is 9.15 Å². The number of aromatic nitrogens is 1. The number of hydrogen-bond acceptors (Lipinski definition) is 6. The van der Waals surface area contributed by atoms with Crippen LogP contribution in [0.25, 0.3) is 11.0 Å². The fourth-order valence-corrected chi connectivity index (χ4v) is 4.46. The maximum Gasteiger partial charge on any atom is 0.287 e. The van der Waals surface area contributed by atoms with Crippen LogP contribution >= 0.6 is 0 Å². The molecule has 0 atom stereocenters.